The lowest BCUT2D eigenvalue weighted by atomic mass is 9.97. The van der Waals surface area contributed by atoms with Gasteiger partial charge in [-0.05, 0) is 89.9 Å². The Balaban J connectivity index is 1.23. The molecule has 0 spiro atoms. The van der Waals surface area contributed by atoms with E-state index in [9.17, 15) is 0 Å². The first kappa shape index (κ1) is 29.3. The number of aromatic nitrogens is 4. The highest BCUT2D eigenvalue weighted by molar-refractivity contribution is 5.94. The second kappa shape index (κ2) is 12.9. The number of rotatable bonds is 7. The minimum Gasteiger partial charge on any atom is -0.462 e. The highest BCUT2D eigenvalue weighted by Crippen LogP contribution is 2.38. The van der Waals surface area contributed by atoms with Gasteiger partial charge in [0.2, 0.25) is 6.54 Å². The number of benzene rings is 1. The van der Waals surface area contributed by atoms with Crippen LogP contribution in [0.15, 0.2) is 18.3 Å². The van der Waals surface area contributed by atoms with Crippen LogP contribution < -0.4 is 14.5 Å². The first-order valence-electron chi connectivity index (χ1n) is 16.7. The summed E-state index contributed by atoms with van der Waals surface area (Å²) < 4.78 is 14.6. The van der Waals surface area contributed by atoms with E-state index in [0.717, 1.165) is 94.8 Å². The minimum absolute atomic E-state index is 0.00630. The fraction of sp³-hybridized carbons (Fsp3) is 0.647. The van der Waals surface area contributed by atoms with Crippen molar-refractivity contribution in [3.05, 3.63) is 46.6 Å². The quantitative estimate of drug-likeness (QED) is 0.335. The Hall–Kier alpha value is -3.42. The highest BCUT2D eigenvalue weighted by atomic mass is 16.5. The first-order chi connectivity index (χ1) is 21.6. The van der Waals surface area contributed by atoms with Crippen LogP contribution in [0.25, 0.3) is 15.7 Å². The zero-order valence-electron chi connectivity index (χ0n) is 26.4. The Bertz CT molecular complexity index is 1510. The van der Waals surface area contributed by atoms with Crippen LogP contribution in [0.3, 0.4) is 0 Å². The molecule has 2 aromatic heterocycles. The average molecular weight is 599 g/mol. The van der Waals surface area contributed by atoms with Crippen LogP contribution in [0.5, 0.6) is 6.01 Å². The van der Waals surface area contributed by atoms with Gasteiger partial charge in [0.25, 0.3) is 0 Å². The van der Waals surface area contributed by atoms with Gasteiger partial charge in [0.1, 0.15) is 12.4 Å². The van der Waals surface area contributed by atoms with E-state index in [1.165, 1.54) is 35.0 Å². The van der Waals surface area contributed by atoms with E-state index < -0.39 is 0 Å². The summed E-state index contributed by atoms with van der Waals surface area (Å²) in [6.07, 6.45) is 11.8. The van der Waals surface area contributed by atoms with Crippen LogP contribution >= 0.6 is 0 Å². The number of aryl methyl sites for hydroxylation is 1. The summed E-state index contributed by atoms with van der Waals surface area (Å²) in [5, 5.41) is 6.03. The molecule has 234 valence electrons. The lowest BCUT2D eigenvalue weighted by molar-refractivity contribution is -0.0366. The number of fused-ring (bicyclic) bond motifs is 2. The summed E-state index contributed by atoms with van der Waals surface area (Å²) in [6.45, 7) is 16.2. The van der Waals surface area contributed by atoms with Gasteiger partial charge in [-0.2, -0.15) is 15.1 Å². The third-order valence-corrected chi connectivity index (χ3v) is 10.2. The Morgan fingerprint density at radius 1 is 1.02 bits per heavy atom. The normalized spacial score (nSPS) is 24.7. The molecule has 3 aromatic rings. The van der Waals surface area contributed by atoms with E-state index >= 15 is 0 Å². The molecular formula is C34H46N8O2. The van der Waals surface area contributed by atoms with Crippen molar-refractivity contribution < 1.29 is 9.47 Å². The molecule has 0 bridgehead atoms. The number of anilines is 2. The second-order valence-electron chi connectivity index (χ2n) is 13.2. The molecule has 0 aliphatic carbocycles. The second-order valence-corrected chi connectivity index (χ2v) is 13.2. The molecule has 44 heavy (non-hydrogen) atoms. The number of nitrogens with zero attached hydrogens (tertiary/aromatic N) is 8. The van der Waals surface area contributed by atoms with Gasteiger partial charge in [-0.15, -0.1) is 0 Å². The van der Waals surface area contributed by atoms with Gasteiger partial charge in [-0.3, -0.25) is 0 Å². The molecule has 3 atom stereocenters. The summed E-state index contributed by atoms with van der Waals surface area (Å²) in [7, 11) is 2.18. The SMILES string of the molecule is [C-]#[N+]C[C@@H]1CCCN(c2nc(OC[C@@H]3CCCN3C)nc3c2CCCN(c2c(C)ccc4c2cnn4C2CCCCO2)C3)C1. The topological polar surface area (TPSA) is 76.1 Å². The lowest BCUT2D eigenvalue weighted by Crippen LogP contribution is -2.38. The molecule has 3 saturated heterocycles. The molecule has 10 nitrogen and oxygen atoms in total. The number of likely N-dealkylation sites (tertiary alicyclic amines) is 1. The third-order valence-electron chi connectivity index (χ3n) is 10.2. The third kappa shape index (κ3) is 5.84. The number of likely N-dealkylation sites (N-methyl/N-ethyl adjacent to an activating group) is 1. The van der Waals surface area contributed by atoms with Gasteiger partial charge in [-0.25, -0.2) is 11.3 Å². The van der Waals surface area contributed by atoms with Crippen molar-refractivity contribution in [2.24, 2.45) is 5.92 Å². The van der Waals surface area contributed by atoms with Crippen LogP contribution in [0.2, 0.25) is 0 Å². The zero-order valence-corrected chi connectivity index (χ0v) is 26.4. The summed E-state index contributed by atoms with van der Waals surface area (Å²) in [5.74, 6) is 1.41. The molecule has 6 heterocycles. The predicted molar refractivity (Wildman–Crippen MR) is 172 cm³/mol. The highest BCUT2D eigenvalue weighted by Gasteiger charge is 2.30. The van der Waals surface area contributed by atoms with Gasteiger partial charge in [-0.1, -0.05) is 6.07 Å². The fourth-order valence-electron chi connectivity index (χ4n) is 7.78. The first-order valence-corrected chi connectivity index (χ1v) is 16.7. The van der Waals surface area contributed by atoms with E-state index in [-0.39, 0.29) is 6.23 Å². The van der Waals surface area contributed by atoms with Gasteiger partial charge in [0, 0.05) is 49.2 Å². The molecule has 4 aliphatic rings. The van der Waals surface area contributed by atoms with Crippen molar-refractivity contribution in [3.63, 3.8) is 0 Å². The molecule has 4 aliphatic heterocycles. The standard InChI is InChI=1S/C34H46N8O2/c1-24-13-14-30-28(20-36-42(30)31-12-4-5-18-43-31)32(24)40-16-8-11-27-29(22-40)37-34(44-23-26-10-7-15-39(26)3)38-33(27)41-17-6-9-25(21-41)19-35-2/h13-14,20,25-26,31H,4-12,15-19,21-23H2,1,3H3/t25-,26-,31?/m0/s1. The van der Waals surface area contributed by atoms with Gasteiger partial charge < -0.3 is 29.0 Å². The maximum Gasteiger partial charge on any atom is 0.318 e. The largest absolute Gasteiger partial charge is 0.462 e. The predicted octanol–water partition coefficient (Wildman–Crippen LogP) is 5.40. The van der Waals surface area contributed by atoms with Crippen LogP contribution in [0, 0.1) is 19.4 Å². The van der Waals surface area contributed by atoms with E-state index in [1.807, 2.05) is 6.20 Å². The molecular weight excluding hydrogens is 552 g/mol. The van der Waals surface area contributed by atoms with Gasteiger partial charge in [0.05, 0.1) is 29.6 Å². The van der Waals surface area contributed by atoms with E-state index in [1.54, 1.807) is 0 Å². The summed E-state index contributed by atoms with van der Waals surface area (Å²) in [4.78, 5) is 21.3. The van der Waals surface area contributed by atoms with Crippen LogP contribution in [0.1, 0.15) is 74.4 Å². The molecule has 0 radical (unpaired) electrons. The molecule has 10 heteroatoms. The number of hydrogen-bond acceptors (Lipinski definition) is 8. The summed E-state index contributed by atoms with van der Waals surface area (Å²) in [6, 6.07) is 5.33. The Kier molecular flexibility index (Phi) is 8.59. The van der Waals surface area contributed by atoms with Gasteiger partial charge >= 0.3 is 6.01 Å². The molecule has 1 unspecified atom stereocenters. The summed E-state index contributed by atoms with van der Waals surface area (Å²) in [5.41, 5.74) is 5.93. The van der Waals surface area contributed by atoms with E-state index in [0.29, 0.717) is 37.7 Å². The smallest absolute Gasteiger partial charge is 0.318 e. The molecule has 0 N–H and O–H groups in total. The maximum absolute atomic E-state index is 7.45. The number of hydrogen-bond donors (Lipinski definition) is 0. The van der Waals surface area contributed by atoms with E-state index in [4.69, 9.17) is 31.1 Å². The monoisotopic (exact) mass is 598 g/mol. The molecule has 7 rings (SSSR count). The van der Waals surface area contributed by atoms with Crippen LogP contribution in [-0.4, -0.2) is 83.7 Å². The average Bonchev–Trinajstić information content (AvgIpc) is 3.60. The molecule has 3 fully saturated rings. The molecule has 0 saturated carbocycles. The number of ether oxygens (including phenoxy) is 2. The van der Waals surface area contributed by atoms with Gasteiger partial charge in [0.15, 0.2) is 6.23 Å². The van der Waals surface area contributed by atoms with Crippen molar-refractivity contribution in [1.29, 1.82) is 0 Å². The van der Waals surface area contributed by atoms with Crippen molar-refractivity contribution in [2.45, 2.75) is 83.5 Å². The molecule has 1 aromatic carbocycles. The Morgan fingerprint density at radius 2 is 1.91 bits per heavy atom. The maximum atomic E-state index is 7.45. The van der Waals surface area contributed by atoms with Crippen molar-refractivity contribution in [2.75, 3.05) is 62.8 Å². The lowest BCUT2D eigenvalue weighted by Gasteiger charge is -2.33. The van der Waals surface area contributed by atoms with Crippen LogP contribution in [0.4, 0.5) is 11.5 Å². The number of piperidine rings is 1. The van der Waals surface area contributed by atoms with Crippen molar-refractivity contribution in [3.8, 4) is 6.01 Å². The summed E-state index contributed by atoms with van der Waals surface area (Å²) >= 11 is 0. The van der Waals surface area contributed by atoms with Crippen LogP contribution in [-0.2, 0) is 17.7 Å². The Morgan fingerprint density at radius 3 is 2.73 bits per heavy atom. The fourth-order valence-corrected chi connectivity index (χ4v) is 7.78. The van der Waals surface area contributed by atoms with E-state index in [2.05, 4.69) is 50.3 Å². The zero-order chi connectivity index (χ0) is 30.0. The minimum atomic E-state index is 0.00630. The molecule has 0 amide bonds. The Labute approximate surface area is 261 Å². The van der Waals surface area contributed by atoms with Crippen molar-refractivity contribution in [1.82, 2.24) is 24.6 Å². The van der Waals surface area contributed by atoms with Crippen molar-refractivity contribution >= 4 is 22.4 Å².